The quantitative estimate of drug-likeness (QED) is 0.0484. The zero-order valence-electron chi connectivity index (χ0n) is 40.7. The molecule has 8 amide bonds. The molecule has 5 heterocycles. The molecular weight excluding hydrogens is 1000 g/mol. The lowest BCUT2D eigenvalue weighted by Gasteiger charge is -2.38. The number of carbonyl (C=O) groups is 8. The fourth-order valence-electron chi connectivity index (χ4n) is 9.73. The molecule has 2 unspecified atom stereocenters. The number of hydrogen-bond donors (Lipinski definition) is 5. The van der Waals surface area contributed by atoms with Crippen LogP contribution in [0.3, 0.4) is 0 Å². The zero-order chi connectivity index (χ0) is 53.3. The van der Waals surface area contributed by atoms with E-state index in [1.807, 2.05) is 30.3 Å². The predicted molar refractivity (Wildman–Crippen MR) is 266 cm³/mol. The van der Waals surface area contributed by atoms with Gasteiger partial charge in [-0.1, -0.05) is 75.1 Å². The van der Waals surface area contributed by atoms with Crippen molar-refractivity contribution in [2.45, 2.75) is 102 Å². The highest BCUT2D eigenvalue weighted by Crippen LogP contribution is 2.59. The van der Waals surface area contributed by atoms with Crippen LogP contribution in [0.1, 0.15) is 119 Å². The maximum Gasteiger partial charge on any atom is 0.399 e. The van der Waals surface area contributed by atoms with Gasteiger partial charge < -0.3 is 35.0 Å². The highest BCUT2D eigenvalue weighted by atomic mass is 32.1. The monoisotopic (exact) mass is 1060 g/mol. The van der Waals surface area contributed by atoms with Crippen molar-refractivity contribution in [1.82, 2.24) is 30.7 Å². The van der Waals surface area contributed by atoms with Crippen LogP contribution >= 0.6 is 18.9 Å². The van der Waals surface area contributed by atoms with Gasteiger partial charge in [-0.3, -0.25) is 53.1 Å². The van der Waals surface area contributed by atoms with E-state index in [1.54, 1.807) is 37.8 Å². The van der Waals surface area contributed by atoms with Gasteiger partial charge in [0, 0.05) is 67.2 Å². The molecule has 5 atom stereocenters. The zero-order valence-corrected chi connectivity index (χ0v) is 42.4. The molecule has 8 rings (SSSR count). The van der Waals surface area contributed by atoms with Crippen LogP contribution in [0.4, 0.5) is 8.78 Å². The van der Waals surface area contributed by atoms with E-state index < -0.39 is 96.4 Å². The van der Waals surface area contributed by atoms with Crippen LogP contribution in [0.25, 0.3) is 10.1 Å². The average molecular weight is 1060 g/mol. The summed E-state index contributed by atoms with van der Waals surface area (Å²) in [5.74, 6) is 1.40. The number of piperidine rings is 2. The number of thiophene rings is 1. The number of ether oxygens (including phenoxy) is 1. The minimum Gasteiger partial charge on any atom is -0.366 e. The van der Waals surface area contributed by atoms with Crippen molar-refractivity contribution in [3.8, 4) is 11.8 Å². The van der Waals surface area contributed by atoms with Gasteiger partial charge >= 0.3 is 13.3 Å². The molecule has 74 heavy (non-hydrogen) atoms. The van der Waals surface area contributed by atoms with Gasteiger partial charge in [0.25, 0.3) is 17.7 Å². The molecule has 4 aliphatic heterocycles. The van der Waals surface area contributed by atoms with E-state index in [4.69, 9.17) is 4.74 Å². The fourth-order valence-corrected chi connectivity index (χ4v) is 11.2. The van der Waals surface area contributed by atoms with Crippen molar-refractivity contribution in [3.63, 3.8) is 0 Å². The summed E-state index contributed by atoms with van der Waals surface area (Å²) in [5.41, 5.74) is -4.75. The Morgan fingerprint density at radius 3 is 2.43 bits per heavy atom. The Morgan fingerprint density at radius 1 is 0.959 bits per heavy atom. The third-order valence-corrected chi connectivity index (χ3v) is 15.7. The summed E-state index contributed by atoms with van der Waals surface area (Å²) in [6, 6.07) is 15.5. The molecule has 0 spiro atoms. The molecule has 0 aliphatic carbocycles. The summed E-state index contributed by atoms with van der Waals surface area (Å²) in [6.07, 6.45) is 1.60. The number of hydrogen-bond acceptors (Lipinski definition) is 11. The second-order valence-corrected chi connectivity index (χ2v) is 22.6. The summed E-state index contributed by atoms with van der Waals surface area (Å²) in [5, 5.41) is 7.89. The molecule has 0 bridgehead atoms. The van der Waals surface area contributed by atoms with Gasteiger partial charge in [-0.15, -0.1) is 11.3 Å². The van der Waals surface area contributed by atoms with Crippen LogP contribution in [-0.2, 0) is 38.9 Å². The Hall–Kier alpha value is -6.69. The van der Waals surface area contributed by atoms with Crippen molar-refractivity contribution in [2.24, 2.45) is 5.41 Å². The Bertz CT molecular complexity index is 3040. The lowest BCUT2D eigenvalue weighted by Crippen LogP contribution is -2.58. The number of halogens is 2. The number of benzene rings is 3. The second-order valence-electron chi connectivity index (χ2n) is 19.9. The average Bonchev–Trinajstić information content (AvgIpc) is 4.07. The van der Waals surface area contributed by atoms with Gasteiger partial charge in [-0.2, -0.15) is 8.78 Å². The van der Waals surface area contributed by atoms with Crippen molar-refractivity contribution in [2.75, 3.05) is 32.8 Å². The first-order chi connectivity index (χ1) is 35.0. The lowest BCUT2D eigenvalue weighted by atomic mass is 9.85. The number of nitrogens with zero attached hydrogens (tertiary/aromatic N) is 3. The normalized spacial score (nSPS) is 20.7. The highest BCUT2D eigenvalue weighted by molar-refractivity contribution is 7.52. The summed E-state index contributed by atoms with van der Waals surface area (Å²) in [4.78, 5) is 130. The largest absolute Gasteiger partial charge is 0.399 e. The third-order valence-electron chi connectivity index (χ3n) is 13.6. The first kappa shape index (κ1) is 53.6. The number of carbonyl (C=O) groups excluding carboxylic acids is 8. The van der Waals surface area contributed by atoms with Gasteiger partial charge in [0.05, 0.1) is 22.1 Å². The van der Waals surface area contributed by atoms with Crippen molar-refractivity contribution in [1.29, 1.82) is 0 Å². The molecule has 3 aromatic carbocycles. The number of unbranched alkanes of at least 4 members (excludes halogenated alkanes) is 1. The van der Waals surface area contributed by atoms with Crippen LogP contribution in [0.15, 0.2) is 72.8 Å². The molecule has 1 aromatic heterocycles. The molecule has 3 fully saturated rings. The van der Waals surface area contributed by atoms with Crippen LogP contribution in [-0.4, -0.2) is 129 Å². The highest BCUT2D eigenvalue weighted by Gasteiger charge is 2.51. The fraction of sp³-hybridized carbons (Fsp3) is 0.423. The summed E-state index contributed by atoms with van der Waals surface area (Å²) >= 11 is 0.936. The molecule has 390 valence electrons. The second kappa shape index (κ2) is 21.6. The molecule has 22 heteroatoms. The standard InChI is InChI=1S/C52H55F2N6O12PS/c1-51(2,3)44(57-46(64)40-25-33-24-34(18-20-39(33)74-40)52(53,54)73(69,70)71)50(68)59-28-35(26-38(59)48(66)58-23-11-16-32(27-58)30-12-6-4-7-13-30)72-29-42(62)55-22-9-5-8-14-31-15-10-17-36-43(31)49(67)60(47(36)65)37-19-21-41(61)56-45(37)63/h4,6-7,10,12-13,15,17-18,20,24-25,32,35,37-38,44H,5,9,11,16,19,21-23,26-29H2,1-3H3,(H,55,62)(H,57,64)(H,56,61,63)(H2,69,70,71)/t32-,35-,37?,38-,44?/m0/s1. The van der Waals surface area contributed by atoms with Crippen LogP contribution in [0, 0.1) is 17.3 Å². The van der Waals surface area contributed by atoms with Crippen molar-refractivity contribution >= 4 is 76.3 Å². The number of alkyl halides is 2. The van der Waals surface area contributed by atoms with E-state index in [0.29, 0.717) is 36.2 Å². The van der Waals surface area contributed by atoms with Gasteiger partial charge in [0.2, 0.25) is 29.5 Å². The van der Waals surface area contributed by atoms with E-state index in [2.05, 4.69) is 27.8 Å². The topological polar surface area (TPSA) is 249 Å². The molecule has 3 saturated heterocycles. The maximum absolute atomic E-state index is 14.8. The van der Waals surface area contributed by atoms with Crippen molar-refractivity contribution in [3.05, 3.63) is 105 Å². The molecule has 4 aromatic rings. The smallest absolute Gasteiger partial charge is 0.366 e. The predicted octanol–water partition coefficient (Wildman–Crippen LogP) is 5.01. The molecule has 18 nitrogen and oxygen atoms in total. The Labute approximate surface area is 428 Å². The third kappa shape index (κ3) is 11.3. The molecular formula is C52H55F2N6O12PS. The van der Waals surface area contributed by atoms with Crippen LogP contribution in [0.2, 0.25) is 0 Å². The molecule has 5 N–H and O–H groups in total. The van der Waals surface area contributed by atoms with Crippen LogP contribution in [0.5, 0.6) is 0 Å². The number of likely N-dealkylation sites (tertiary alicyclic amines) is 2. The van der Waals surface area contributed by atoms with E-state index in [1.165, 1.54) is 23.1 Å². The number of rotatable bonds is 14. The summed E-state index contributed by atoms with van der Waals surface area (Å²) < 4.78 is 47.2. The Balaban J connectivity index is 0.912. The molecule has 0 saturated carbocycles. The first-order valence-electron chi connectivity index (χ1n) is 24.2. The number of amides is 8. The van der Waals surface area contributed by atoms with Gasteiger partial charge in [-0.05, 0) is 72.4 Å². The molecule has 4 aliphatic rings. The summed E-state index contributed by atoms with van der Waals surface area (Å²) in [7, 11) is -5.86. The Morgan fingerprint density at radius 2 is 1.72 bits per heavy atom. The maximum atomic E-state index is 14.8. The first-order valence-corrected chi connectivity index (χ1v) is 26.6. The van der Waals surface area contributed by atoms with Crippen molar-refractivity contribution < 1.29 is 66.2 Å². The number of fused-ring (bicyclic) bond motifs is 2. The van der Waals surface area contributed by atoms with Gasteiger partial charge in [0.15, 0.2) is 0 Å². The van der Waals surface area contributed by atoms with Gasteiger partial charge in [0.1, 0.15) is 24.7 Å². The van der Waals surface area contributed by atoms with E-state index in [0.717, 1.165) is 46.8 Å². The number of nitrogens with one attached hydrogen (secondary N) is 3. The van der Waals surface area contributed by atoms with Crippen LogP contribution < -0.4 is 16.0 Å². The minimum absolute atomic E-state index is 0.00908. The lowest BCUT2D eigenvalue weighted by molar-refractivity contribution is -0.147. The number of imide groups is 2. The minimum atomic E-state index is -5.86. The SMILES string of the molecule is CC(C)(C)C(NC(=O)c1cc2cc(C(F)(F)P(=O)(O)O)ccc2s1)C(=O)N1C[C@@H](OCC(=O)NCCCC#Cc2cccc3c2C(=O)N(C2CCC(=O)NC2=O)C3=O)C[C@H]1C(=O)N1CCC[C@H](c2ccccc2)C1. The van der Waals surface area contributed by atoms with E-state index in [9.17, 15) is 61.5 Å². The summed E-state index contributed by atoms with van der Waals surface area (Å²) in [6.45, 7) is 5.80. The Kier molecular flexibility index (Phi) is 15.7. The van der Waals surface area contributed by atoms with E-state index in [-0.39, 0.29) is 65.6 Å². The van der Waals surface area contributed by atoms with E-state index >= 15 is 0 Å². The van der Waals surface area contributed by atoms with Gasteiger partial charge in [-0.25, -0.2) is 0 Å². The molecule has 0 radical (unpaired) electrons.